The van der Waals surface area contributed by atoms with Gasteiger partial charge in [0.05, 0.1) is 18.1 Å². The molecular weight excluding hydrogens is 383 g/mol. The van der Waals surface area contributed by atoms with Gasteiger partial charge in [-0.1, -0.05) is 11.6 Å². The van der Waals surface area contributed by atoms with Crippen molar-refractivity contribution in [3.63, 3.8) is 0 Å². The first-order chi connectivity index (χ1) is 12.8. The van der Waals surface area contributed by atoms with E-state index in [4.69, 9.17) is 11.6 Å². The molecule has 138 valence electrons. The van der Waals surface area contributed by atoms with E-state index in [0.29, 0.717) is 22.0 Å². The molecule has 9 heteroatoms. The summed E-state index contributed by atoms with van der Waals surface area (Å²) in [7, 11) is 0. The number of benzene rings is 2. The molecule has 2 aromatic carbocycles. The summed E-state index contributed by atoms with van der Waals surface area (Å²) in [6, 6.07) is 11.6. The molecule has 1 amide bonds. The molecule has 0 saturated heterocycles. The fraction of sp³-hybridized carbons (Fsp3) is 0.0556. The summed E-state index contributed by atoms with van der Waals surface area (Å²) in [6.07, 6.45) is -2.07. The maximum atomic E-state index is 12.3. The fourth-order valence-corrected chi connectivity index (χ4v) is 2.30. The summed E-state index contributed by atoms with van der Waals surface area (Å²) in [6.45, 7) is 0. The SMILES string of the molecule is O=C(Nc1ccc(Cl)cc1)c1cncc(-c2ccc(OC(F)(F)F)cc2)n1. The molecule has 0 bridgehead atoms. The number of rotatable bonds is 4. The van der Waals surface area contributed by atoms with Crippen LogP contribution in [0, 0.1) is 0 Å². The van der Waals surface area contributed by atoms with Crippen LogP contribution in [0.2, 0.25) is 5.02 Å². The smallest absolute Gasteiger partial charge is 0.406 e. The van der Waals surface area contributed by atoms with Gasteiger partial charge in [-0.15, -0.1) is 13.2 Å². The average molecular weight is 394 g/mol. The van der Waals surface area contributed by atoms with E-state index < -0.39 is 12.3 Å². The summed E-state index contributed by atoms with van der Waals surface area (Å²) in [5.41, 5.74) is 1.40. The average Bonchev–Trinajstić information content (AvgIpc) is 2.63. The predicted octanol–water partition coefficient (Wildman–Crippen LogP) is 4.95. The van der Waals surface area contributed by atoms with Crippen molar-refractivity contribution in [1.82, 2.24) is 9.97 Å². The van der Waals surface area contributed by atoms with Gasteiger partial charge in [-0.25, -0.2) is 4.98 Å². The quantitative estimate of drug-likeness (QED) is 0.681. The minimum absolute atomic E-state index is 0.0538. The Kier molecular flexibility index (Phi) is 5.27. The lowest BCUT2D eigenvalue weighted by Gasteiger charge is -2.09. The van der Waals surface area contributed by atoms with Gasteiger partial charge < -0.3 is 10.1 Å². The van der Waals surface area contributed by atoms with Crippen molar-refractivity contribution >= 4 is 23.2 Å². The third-order valence-electron chi connectivity index (χ3n) is 3.35. The van der Waals surface area contributed by atoms with Crippen LogP contribution in [0.15, 0.2) is 60.9 Å². The molecule has 1 heterocycles. The number of nitrogens with one attached hydrogen (secondary N) is 1. The Morgan fingerprint density at radius 2 is 1.67 bits per heavy atom. The number of hydrogen-bond acceptors (Lipinski definition) is 4. The Morgan fingerprint density at radius 1 is 1.00 bits per heavy atom. The lowest BCUT2D eigenvalue weighted by atomic mass is 10.1. The maximum absolute atomic E-state index is 12.3. The number of carbonyl (C=O) groups is 1. The summed E-state index contributed by atoms with van der Waals surface area (Å²) < 4.78 is 40.5. The molecule has 0 radical (unpaired) electrons. The van der Waals surface area contributed by atoms with Gasteiger partial charge in [-0.3, -0.25) is 9.78 Å². The van der Waals surface area contributed by atoms with Gasteiger partial charge in [0.25, 0.3) is 5.91 Å². The van der Waals surface area contributed by atoms with Crippen molar-refractivity contribution in [2.75, 3.05) is 5.32 Å². The Balaban J connectivity index is 1.76. The highest BCUT2D eigenvalue weighted by Crippen LogP contribution is 2.25. The van der Waals surface area contributed by atoms with Crippen LogP contribution in [-0.2, 0) is 0 Å². The topological polar surface area (TPSA) is 64.1 Å². The highest BCUT2D eigenvalue weighted by molar-refractivity contribution is 6.30. The molecule has 0 fully saturated rings. The lowest BCUT2D eigenvalue weighted by molar-refractivity contribution is -0.274. The number of halogens is 4. The van der Waals surface area contributed by atoms with Crippen LogP contribution in [0.25, 0.3) is 11.3 Å². The number of alkyl halides is 3. The summed E-state index contributed by atoms with van der Waals surface area (Å²) in [5, 5.41) is 3.19. The number of carbonyl (C=O) groups excluding carboxylic acids is 1. The van der Waals surface area contributed by atoms with E-state index >= 15 is 0 Å². The molecule has 0 aliphatic rings. The van der Waals surface area contributed by atoms with Crippen molar-refractivity contribution in [3.05, 3.63) is 71.6 Å². The van der Waals surface area contributed by atoms with Crippen molar-refractivity contribution in [2.45, 2.75) is 6.36 Å². The standard InChI is InChI=1S/C18H11ClF3N3O2/c19-12-3-5-13(6-4-12)24-17(26)16-10-23-9-15(25-16)11-1-7-14(8-2-11)27-18(20,21)22/h1-10H,(H,24,26). The first-order valence-electron chi connectivity index (χ1n) is 7.55. The maximum Gasteiger partial charge on any atom is 0.573 e. The van der Waals surface area contributed by atoms with Crippen molar-refractivity contribution < 1.29 is 22.7 Å². The van der Waals surface area contributed by atoms with Crippen molar-refractivity contribution in [3.8, 4) is 17.0 Å². The van der Waals surface area contributed by atoms with Gasteiger partial charge in [0.2, 0.25) is 0 Å². The van der Waals surface area contributed by atoms with Crippen LogP contribution in [0.3, 0.4) is 0 Å². The second-order valence-corrected chi connectivity index (χ2v) is 5.76. The van der Waals surface area contributed by atoms with Crippen molar-refractivity contribution in [2.24, 2.45) is 0 Å². The van der Waals surface area contributed by atoms with Gasteiger partial charge in [-0.05, 0) is 48.5 Å². The first-order valence-corrected chi connectivity index (χ1v) is 7.93. The monoisotopic (exact) mass is 393 g/mol. The molecule has 27 heavy (non-hydrogen) atoms. The summed E-state index contributed by atoms with van der Waals surface area (Å²) in [5.74, 6) is -0.834. The summed E-state index contributed by atoms with van der Waals surface area (Å²) in [4.78, 5) is 20.5. The third-order valence-corrected chi connectivity index (χ3v) is 3.60. The van der Waals surface area contributed by atoms with Crippen LogP contribution in [0.4, 0.5) is 18.9 Å². The minimum Gasteiger partial charge on any atom is -0.406 e. The molecule has 0 aliphatic heterocycles. The van der Waals surface area contributed by atoms with Crippen LogP contribution in [0.5, 0.6) is 5.75 Å². The zero-order valence-electron chi connectivity index (χ0n) is 13.5. The molecule has 0 spiro atoms. The second kappa shape index (κ2) is 7.63. The summed E-state index contributed by atoms with van der Waals surface area (Å²) >= 11 is 5.79. The molecule has 0 saturated carbocycles. The number of ether oxygens (including phenoxy) is 1. The van der Waals surface area contributed by atoms with Gasteiger partial charge >= 0.3 is 6.36 Å². The first kappa shape index (κ1) is 18.7. The van der Waals surface area contributed by atoms with E-state index in [0.717, 1.165) is 12.1 Å². The van der Waals surface area contributed by atoms with E-state index in [-0.39, 0.29) is 11.4 Å². The van der Waals surface area contributed by atoms with Crippen LogP contribution in [0.1, 0.15) is 10.5 Å². The second-order valence-electron chi connectivity index (χ2n) is 5.32. The van der Waals surface area contributed by atoms with Gasteiger partial charge in [0.1, 0.15) is 11.4 Å². The van der Waals surface area contributed by atoms with E-state index in [9.17, 15) is 18.0 Å². The lowest BCUT2D eigenvalue weighted by Crippen LogP contribution is -2.17. The van der Waals surface area contributed by atoms with Crippen LogP contribution < -0.4 is 10.1 Å². The van der Waals surface area contributed by atoms with Gasteiger partial charge in [-0.2, -0.15) is 0 Å². The van der Waals surface area contributed by atoms with E-state index in [2.05, 4.69) is 20.0 Å². The predicted molar refractivity (Wildman–Crippen MR) is 93.6 cm³/mol. The zero-order chi connectivity index (χ0) is 19.4. The molecule has 3 aromatic rings. The molecule has 3 rings (SSSR count). The van der Waals surface area contributed by atoms with Crippen LogP contribution >= 0.6 is 11.6 Å². The Morgan fingerprint density at radius 3 is 2.30 bits per heavy atom. The van der Waals surface area contributed by atoms with E-state index in [1.165, 1.54) is 24.5 Å². The van der Waals surface area contributed by atoms with Crippen LogP contribution in [-0.4, -0.2) is 22.2 Å². The fourth-order valence-electron chi connectivity index (χ4n) is 2.17. The molecule has 0 aliphatic carbocycles. The molecule has 1 N–H and O–H groups in total. The number of anilines is 1. The number of amides is 1. The minimum atomic E-state index is -4.76. The normalized spacial score (nSPS) is 11.1. The molecule has 5 nitrogen and oxygen atoms in total. The van der Waals surface area contributed by atoms with Gasteiger partial charge in [0, 0.05) is 16.3 Å². The largest absolute Gasteiger partial charge is 0.573 e. The Hall–Kier alpha value is -3.13. The molecular formula is C18H11ClF3N3O2. The van der Waals surface area contributed by atoms with E-state index in [1.54, 1.807) is 24.3 Å². The van der Waals surface area contributed by atoms with Gasteiger partial charge in [0.15, 0.2) is 0 Å². The number of aromatic nitrogens is 2. The van der Waals surface area contributed by atoms with E-state index in [1.807, 2.05) is 0 Å². The third kappa shape index (κ3) is 5.18. The molecule has 0 atom stereocenters. The molecule has 1 aromatic heterocycles. The molecule has 0 unspecified atom stereocenters. The Labute approximate surface area is 156 Å². The number of nitrogens with zero attached hydrogens (tertiary/aromatic N) is 2. The Bertz CT molecular complexity index is 945. The highest BCUT2D eigenvalue weighted by atomic mass is 35.5. The highest BCUT2D eigenvalue weighted by Gasteiger charge is 2.31. The number of hydrogen-bond donors (Lipinski definition) is 1. The van der Waals surface area contributed by atoms with Crippen molar-refractivity contribution in [1.29, 1.82) is 0 Å². The zero-order valence-corrected chi connectivity index (χ0v) is 14.3.